The normalized spacial score (nSPS) is 11.9. The van der Waals surface area contributed by atoms with E-state index in [1.54, 1.807) is 0 Å². The highest BCUT2D eigenvalue weighted by molar-refractivity contribution is 4.85. The zero-order chi connectivity index (χ0) is 7.11. The van der Waals surface area contributed by atoms with Crippen molar-refractivity contribution >= 4 is 0 Å². The maximum Gasteiger partial charge on any atom is 0.108 e. The average Bonchev–Trinajstić information content (AvgIpc) is 1.89. The van der Waals surface area contributed by atoms with Crippen LogP contribution in [0.1, 0.15) is 32.6 Å². The molecule has 3 N–H and O–H groups in total. The van der Waals surface area contributed by atoms with Gasteiger partial charge in [0.25, 0.3) is 0 Å². The molecule has 0 aliphatic heterocycles. The molecule has 0 saturated carbocycles. The van der Waals surface area contributed by atoms with E-state index in [1.165, 1.54) is 12.6 Å². The van der Waals surface area contributed by atoms with Gasteiger partial charge in [0.05, 0.1) is 0 Å². The minimum absolute atomic E-state index is 0.309. The van der Waals surface area contributed by atoms with E-state index in [0.29, 0.717) is 5.76 Å². The monoisotopic (exact) mass is 129 g/mol. The molecule has 0 aromatic heterocycles. The molecule has 0 radical (unpaired) electrons. The number of allylic oxidation sites excluding steroid dienone is 1. The predicted molar refractivity (Wildman–Crippen MR) is 39.0 cm³/mol. The van der Waals surface area contributed by atoms with Crippen molar-refractivity contribution < 1.29 is 5.11 Å². The molecule has 0 unspecified atom stereocenters. The second kappa shape index (κ2) is 5.48. The van der Waals surface area contributed by atoms with E-state index in [4.69, 9.17) is 10.8 Å². The standard InChI is InChI=1S/C7H15NO/c1-2-3-4-5-7(9)6-8/h6,9H,2-5,8H2,1H3. The van der Waals surface area contributed by atoms with Gasteiger partial charge in [-0.05, 0) is 6.42 Å². The fraction of sp³-hybridized carbons (Fsp3) is 0.714. The summed E-state index contributed by atoms with van der Waals surface area (Å²) in [5.41, 5.74) is 5.04. The molecule has 54 valence electrons. The molecule has 0 heterocycles. The number of unbranched alkanes of at least 4 members (excludes halogenated alkanes) is 2. The highest BCUT2D eigenvalue weighted by atomic mass is 16.3. The molecule has 2 nitrogen and oxygen atoms in total. The van der Waals surface area contributed by atoms with E-state index in [1.807, 2.05) is 0 Å². The van der Waals surface area contributed by atoms with Crippen LogP contribution in [0.4, 0.5) is 0 Å². The first-order valence-corrected chi connectivity index (χ1v) is 3.41. The van der Waals surface area contributed by atoms with Gasteiger partial charge in [-0.2, -0.15) is 0 Å². The Morgan fingerprint density at radius 1 is 1.56 bits per heavy atom. The van der Waals surface area contributed by atoms with Crippen molar-refractivity contribution in [2.45, 2.75) is 32.6 Å². The first kappa shape index (κ1) is 8.34. The molecule has 0 aliphatic carbocycles. The summed E-state index contributed by atoms with van der Waals surface area (Å²) in [5.74, 6) is 0.309. The maximum atomic E-state index is 8.82. The molecule has 2 heteroatoms. The Kier molecular flexibility index (Phi) is 5.07. The topological polar surface area (TPSA) is 46.2 Å². The van der Waals surface area contributed by atoms with Crippen molar-refractivity contribution in [1.82, 2.24) is 0 Å². The lowest BCUT2D eigenvalue weighted by Crippen LogP contribution is -1.87. The largest absolute Gasteiger partial charge is 0.511 e. The Labute approximate surface area is 56.4 Å². The summed E-state index contributed by atoms with van der Waals surface area (Å²) in [6, 6.07) is 0. The van der Waals surface area contributed by atoms with Gasteiger partial charge in [0, 0.05) is 12.6 Å². The summed E-state index contributed by atoms with van der Waals surface area (Å²) in [5, 5.41) is 8.82. The van der Waals surface area contributed by atoms with Crippen LogP contribution < -0.4 is 5.73 Å². The predicted octanol–water partition coefficient (Wildman–Crippen LogP) is 1.92. The molecule has 0 amide bonds. The number of hydrogen-bond donors (Lipinski definition) is 2. The second-order valence-corrected chi connectivity index (χ2v) is 2.12. The molecule has 9 heavy (non-hydrogen) atoms. The summed E-state index contributed by atoms with van der Waals surface area (Å²) in [7, 11) is 0. The van der Waals surface area contributed by atoms with E-state index in [0.717, 1.165) is 19.3 Å². The van der Waals surface area contributed by atoms with Crippen molar-refractivity contribution in [2.24, 2.45) is 5.73 Å². The van der Waals surface area contributed by atoms with Crippen molar-refractivity contribution in [1.29, 1.82) is 0 Å². The molecular weight excluding hydrogens is 114 g/mol. The van der Waals surface area contributed by atoms with Crippen molar-refractivity contribution in [3.8, 4) is 0 Å². The highest BCUT2D eigenvalue weighted by Gasteiger charge is 1.89. The third-order valence-electron chi connectivity index (χ3n) is 1.23. The number of aliphatic hydroxyl groups is 1. The quantitative estimate of drug-likeness (QED) is 0.450. The molecule has 0 aromatic carbocycles. The van der Waals surface area contributed by atoms with Crippen LogP contribution in [0.15, 0.2) is 12.0 Å². The van der Waals surface area contributed by atoms with Crippen LogP contribution in [0.5, 0.6) is 0 Å². The van der Waals surface area contributed by atoms with Gasteiger partial charge in [-0.25, -0.2) is 0 Å². The van der Waals surface area contributed by atoms with Gasteiger partial charge in [0.1, 0.15) is 5.76 Å². The molecule has 0 spiro atoms. The van der Waals surface area contributed by atoms with Crippen LogP contribution in [0.2, 0.25) is 0 Å². The van der Waals surface area contributed by atoms with Crippen LogP contribution >= 0.6 is 0 Å². The number of nitrogens with two attached hydrogens (primary N) is 1. The highest BCUT2D eigenvalue weighted by Crippen LogP contribution is 2.03. The Balaban J connectivity index is 3.07. The van der Waals surface area contributed by atoms with Gasteiger partial charge in [-0.15, -0.1) is 0 Å². The van der Waals surface area contributed by atoms with Crippen LogP contribution in [-0.2, 0) is 0 Å². The fourth-order valence-corrected chi connectivity index (χ4v) is 0.639. The molecular formula is C7H15NO. The van der Waals surface area contributed by atoms with Crippen molar-refractivity contribution in [3.63, 3.8) is 0 Å². The molecule has 0 atom stereocenters. The fourth-order valence-electron chi connectivity index (χ4n) is 0.639. The van der Waals surface area contributed by atoms with E-state index in [9.17, 15) is 0 Å². The zero-order valence-corrected chi connectivity index (χ0v) is 5.93. The smallest absolute Gasteiger partial charge is 0.108 e. The Morgan fingerprint density at radius 3 is 2.67 bits per heavy atom. The zero-order valence-electron chi connectivity index (χ0n) is 5.93. The molecule has 0 fully saturated rings. The second-order valence-electron chi connectivity index (χ2n) is 2.12. The van der Waals surface area contributed by atoms with Gasteiger partial charge in [-0.3, -0.25) is 0 Å². The molecule has 0 bridgehead atoms. The lowest BCUT2D eigenvalue weighted by Gasteiger charge is -1.95. The summed E-state index contributed by atoms with van der Waals surface area (Å²) >= 11 is 0. The lowest BCUT2D eigenvalue weighted by atomic mass is 10.2. The summed E-state index contributed by atoms with van der Waals surface area (Å²) in [6.45, 7) is 2.13. The third-order valence-corrected chi connectivity index (χ3v) is 1.23. The van der Waals surface area contributed by atoms with Crippen LogP contribution in [0.3, 0.4) is 0 Å². The molecule has 0 aromatic rings. The summed E-state index contributed by atoms with van der Waals surface area (Å²) in [6.07, 6.45) is 5.37. The minimum atomic E-state index is 0.309. The van der Waals surface area contributed by atoms with E-state index in [-0.39, 0.29) is 0 Å². The van der Waals surface area contributed by atoms with Gasteiger partial charge in [0.15, 0.2) is 0 Å². The first-order valence-electron chi connectivity index (χ1n) is 3.41. The maximum absolute atomic E-state index is 8.82. The first-order chi connectivity index (χ1) is 4.31. The van der Waals surface area contributed by atoms with Crippen molar-refractivity contribution in [3.05, 3.63) is 12.0 Å². The Bertz CT molecular complexity index is 88.9. The Hall–Kier alpha value is -0.660. The lowest BCUT2D eigenvalue weighted by molar-refractivity contribution is 0.380. The van der Waals surface area contributed by atoms with E-state index in [2.05, 4.69) is 6.92 Å². The number of aliphatic hydroxyl groups excluding tert-OH is 1. The summed E-state index contributed by atoms with van der Waals surface area (Å²) in [4.78, 5) is 0. The van der Waals surface area contributed by atoms with Gasteiger partial charge in [-0.1, -0.05) is 19.8 Å². The molecule has 0 rings (SSSR count). The van der Waals surface area contributed by atoms with Gasteiger partial charge < -0.3 is 10.8 Å². The van der Waals surface area contributed by atoms with Crippen LogP contribution in [0.25, 0.3) is 0 Å². The summed E-state index contributed by atoms with van der Waals surface area (Å²) < 4.78 is 0. The van der Waals surface area contributed by atoms with Gasteiger partial charge in [0.2, 0.25) is 0 Å². The number of rotatable bonds is 4. The SMILES string of the molecule is CCCCCC(O)=CN. The van der Waals surface area contributed by atoms with Crippen molar-refractivity contribution in [2.75, 3.05) is 0 Å². The average molecular weight is 129 g/mol. The molecule has 0 aliphatic rings. The number of hydrogen-bond acceptors (Lipinski definition) is 2. The van der Waals surface area contributed by atoms with E-state index >= 15 is 0 Å². The Morgan fingerprint density at radius 2 is 2.22 bits per heavy atom. The van der Waals surface area contributed by atoms with Crippen LogP contribution in [0, 0.1) is 0 Å². The minimum Gasteiger partial charge on any atom is -0.511 e. The molecule has 0 saturated heterocycles. The van der Waals surface area contributed by atoms with Crippen LogP contribution in [-0.4, -0.2) is 5.11 Å². The van der Waals surface area contributed by atoms with E-state index < -0.39 is 0 Å². The third kappa shape index (κ3) is 5.21. The van der Waals surface area contributed by atoms with Gasteiger partial charge >= 0.3 is 0 Å².